The lowest BCUT2D eigenvalue weighted by atomic mass is 10.0. The smallest absolute Gasteiger partial charge is 0.0571 e. The zero-order valence-corrected chi connectivity index (χ0v) is 9.21. The van der Waals surface area contributed by atoms with Crippen molar-refractivity contribution in [2.24, 2.45) is 5.73 Å². The molecule has 16 heavy (non-hydrogen) atoms. The molecule has 0 amide bonds. The van der Waals surface area contributed by atoms with E-state index in [0.717, 1.165) is 18.5 Å². The number of hydrogen-bond acceptors (Lipinski definition) is 2. The molecule has 0 aliphatic rings. The predicted molar refractivity (Wildman–Crippen MR) is 65.9 cm³/mol. The number of aromatic nitrogens is 1. The quantitative estimate of drug-likeness (QED) is 0.846. The third kappa shape index (κ3) is 2.91. The minimum absolute atomic E-state index is 0.0291. The van der Waals surface area contributed by atoms with E-state index in [9.17, 15) is 0 Å². The molecule has 0 aliphatic heterocycles. The maximum atomic E-state index is 6.08. The van der Waals surface area contributed by atoms with Crippen LogP contribution in [0, 0.1) is 0 Å². The van der Waals surface area contributed by atoms with Gasteiger partial charge in [-0.25, -0.2) is 0 Å². The van der Waals surface area contributed by atoms with Crippen molar-refractivity contribution in [3.05, 3.63) is 66.0 Å². The van der Waals surface area contributed by atoms with Crippen LogP contribution in [-0.4, -0.2) is 4.98 Å². The zero-order valence-electron chi connectivity index (χ0n) is 9.21. The molecule has 2 N–H and O–H groups in total. The second-order valence-electron chi connectivity index (χ2n) is 3.89. The van der Waals surface area contributed by atoms with Crippen LogP contribution in [0.1, 0.15) is 23.7 Å². The van der Waals surface area contributed by atoms with E-state index in [1.54, 1.807) is 6.20 Å². The highest BCUT2D eigenvalue weighted by molar-refractivity contribution is 5.16. The summed E-state index contributed by atoms with van der Waals surface area (Å²) >= 11 is 0. The summed E-state index contributed by atoms with van der Waals surface area (Å²) in [5.74, 6) is 0. The molecule has 0 spiro atoms. The molecular formula is C14H16N2. The summed E-state index contributed by atoms with van der Waals surface area (Å²) in [6.07, 6.45) is 3.72. The molecule has 2 rings (SSSR count). The Bertz CT molecular complexity index is 411. The van der Waals surface area contributed by atoms with Crippen LogP contribution in [0.2, 0.25) is 0 Å². The van der Waals surface area contributed by atoms with E-state index < -0.39 is 0 Å². The summed E-state index contributed by atoms with van der Waals surface area (Å²) in [6, 6.07) is 16.3. The minimum atomic E-state index is 0.0291. The van der Waals surface area contributed by atoms with Gasteiger partial charge in [-0.1, -0.05) is 36.4 Å². The lowest BCUT2D eigenvalue weighted by molar-refractivity contribution is 0.633. The first-order valence-electron chi connectivity index (χ1n) is 5.56. The summed E-state index contributed by atoms with van der Waals surface area (Å²) in [5.41, 5.74) is 8.38. The Balaban J connectivity index is 1.92. The molecule has 0 fully saturated rings. The predicted octanol–water partition coefficient (Wildman–Crippen LogP) is 2.71. The van der Waals surface area contributed by atoms with Crippen molar-refractivity contribution in [2.75, 3.05) is 0 Å². The van der Waals surface area contributed by atoms with Crippen LogP contribution in [0.15, 0.2) is 54.7 Å². The average molecular weight is 212 g/mol. The second kappa shape index (κ2) is 5.42. The fourth-order valence-electron chi connectivity index (χ4n) is 1.71. The highest BCUT2D eigenvalue weighted by Gasteiger charge is 2.06. The number of benzene rings is 1. The fraction of sp³-hybridized carbons (Fsp3) is 0.214. The van der Waals surface area contributed by atoms with Gasteiger partial charge in [0, 0.05) is 12.2 Å². The van der Waals surface area contributed by atoms with Crippen LogP contribution in [0.4, 0.5) is 0 Å². The summed E-state index contributed by atoms with van der Waals surface area (Å²) in [6.45, 7) is 0. The third-order valence-electron chi connectivity index (χ3n) is 2.65. The van der Waals surface area contributed by atoms with Crippen molar-refractivity contribution in [2.45, 2.75) is 18.9 Å². The normalized spacial score (nSPS) is 12.3. The molecular weight excluding hydrogens is 196 g/mol. The Labute approximate surface area is 96.1 Å². The van der Waals surface area contributed by atoms with Crippen molar-refractivity contribution in [1.82, 2.24) is 4.98 Å². The Morgan fingerprint density at radius 2 is 1.75 bits per heavy atom. The largest absolute Gasteiger partial charge is 0.323 e. The first-order chi connectivity index (χ1) is 7.86. The molecule has 1 aromatic carbocycles. The molecule has 0 bridgehead atoms. The summed E-state index contributed by atoms with van der Waals surface area (Å²) in [4.78, 5) is 4.27. The van der Waals surface area contributed by atoms with Crippen molar-refractivity contribution >= 4 is 0 Å². The number of nitrogens with two attached hydrogens (primary N) is 1. The molecule has 1 atom stereocenters. The van der Waals surface area contributed by atoms with Gasteiger partial charge in [0.1, 0.15) is 0 Å². The fourth-order valence-corrected chi connectivity index (χ4v) is 1.71. The van der Waals surface area contributed by atoms with Crippen molar-refractivity contribution in [3.8, 4) is 0 Å². The van der Waals surface area contributed by atoms with E-state index in [1.165, 1.54) is 5.56 Å². The van der Waals surface area contributed by atoms with Gasteiger partial charge in [-0.2, -0.15) is 0 Å². The van der Waals surface area contributed by atoms with Gasteiger partial charge in [-0.05, 0) is 30.5 Å². The molecule has 2 aromatic rings. The van der Waals surface area contributed by atoms with Crippen LogP contribution in [0.25, 0.3) is 0 Å². The van der Waals surface area contributed by atoms with Crippen LogP contribution < -0.4 is 5.73 Å². The van der Waals surface area contributed by atoms with Gasteiger partial charge in [-0.15, -0.1) is 0 Å². The Morgan fingerprint density at radius 1 is 1.00 bits per heavy atom. The number of aryl methyl sites for hydroxylation is 1. The maximum absolute atomic E-state index is 6.08. The summed E-state index contributed by atoms with van der Waals surface area (Å²) in [5, 5.41) is 0. The first kappa shape index (κ1) is 10.8. The number of hydrogen-bond donors (Lipinski definition) is 1. The van der Waals surface area contributed by atoms with E-state index in [4.69, 9.17) is 5.73 Å². The molecule has 0 saturated carbocycles. The van der Waals surface area contributed by atoms with E-state index in [0.29, 0.717) is 0 Å². The van der Waals surface area contributed by atoms with Crippen molar-refractivity contribution in [1.29, 1.82) is 0 Å². The molecule has 1 heterocycles. The third-order valence-corrected chi connectivity index (χ3v) is 2.65. The maximum Gasteiger partial charge on any atom is 0.0571 e. The molecule has 2 nitrogen and oxygen atoms in total. The van der Waals surface area contributed by atoms with Gasteiger partial charge in [0.15, 0.2) is 0 Å². The van der Waals surface area contributed by atoms with Gasteiger partial charge in [0.05, 0.1) is 5.69 Å². The Hall–Kier alpha value is -1.67. The first-order valence-corrected chi connectivity index (χ1v) is 5.56. The highest BCUT2D eigenvalue weighted by atomic mass is 14.8. The van der Waals surface area contributed by atoms with E-state index in [2.05, 4.69) is 29.2 Å². The number of pyridine rings is 1. The average Bonchev–Trinajstić information content (AvgIpc) is 2.38. The molecule has 2 heteroatoms. The zero-order chi connectivity index (χ0) is 11.2. The van der Waals surface area contributed by atoms with Gasteiger partial charge in [0.25, 0.3) is 0 Å². The molecule has 0 radical (unpaired) electrons. The van der Waals surface area contributed by atoms with E-state index >= 15 is 0 Å². The number of rotatable bonds is 4. The number of nitrogens with zero attached hydrogens (tertiary/aromatic N) is 1. The molecule has 82 valence electrons. The Kier molecular flexibility index (Phi) is 3.67. The van der Waals surface area contributed by atoms with Crippen LogP contribution in [0.3, 0.4) is 0 Å². The van der Waals surface area contributed by atoms with Gasteiger partial charge in [0.2, 0.25) is 0 Å². The van der Waals surface area contributed by atoms with Gasteiger partial charge >= 0.3 is 0 Å². The monoisotopic (exact) mass is 212 g/mol. The molecule has 1 aromatic heterocycles. The van der Waals surface area contributed by atoms with E-state index in [1.807, 2.05) is 24.3 Å². The molecule has 0 saturated heterocycles. The van der Waals surface area contributed by atoms with Crippen LogP contribution >= 0.6 is 0 Å². The molecule has 0 aliphatic carbocycles. The summed E-state index contributed by atoms with van der Waals surface area (Å²) in [7, 11) is 0. The molecule has 1 unspecified atom stereocenters. The van der Waals surface area contributed by atoms with Crippen LogP contribution in [-0.2, 0) is 6.42 Å². The highest BCUT2D eigenvalue weighted by Crippen LogP contribution is 2.14. The SMILES string of the molecule is NC(CCc1ccccc1)c1ccccn1. The standard InChI is InChI=1S/C14H16N2/c15-13(14-8-4-5-11-16-14)10-9-12-6-2-1-3-7-12/h1-8,11,13H,9-10,15H2. The lowest BCUT2D eigenvalue weighted by Crippen LogP contribution is -2.12. The minimum Gasteiger partial charge on any atom is -0.323 e. The van der Waals surface area contributed by atoms with Crippen LogP contribution in [0.5, 0.6) is 0 Å². The van der Waals surface area contributed by atoms with Crippen molar-refractivity contribution < 1.29 is 0 Å². The van der Waals surface area contributed by atoms with Gasteiger partial charge < -0.3 is 5.73 Å². The van der Waals surface area contributed by atoms with Crippen molar-refractivity contribution in [3.63, 3.8) is 0 Å². The summed E-state index contributed by atoms with van der Waals surface area (Å²) < 4.78 is 0. The topological polar surface area (TPSA) is 38.9 Å². The Morgan fingerprint density at radius 3 is 2.44 bits per heavy atom. The second-order valence-corrected chi connectivity index (χ2v) is 3.89. The lowest BCUT2D eigenvalue weighted by Gasteiger charge is -2.10. The van der Waals surface area contributed by atoms with E-state index in [-0.39, 0.29) is 6.04 Å². The van der Waals surface area contributed by atoms with Gasteiger partial charge in [-0.3, -0.25) is 4.98 Å².